The summed E-state index contributed by atoms with van der Waals surface area (Å²) in [5.41, 5.74) is 4.84. The topological polar surface area (TPSA) is 53.4 Å². The van der Waals surface area contributed by atoms with Crippen molar-refractivity contribution in [3.05, 3.63) is 52.8 Å². The molecule has 4 heteroatoms. The normalized spacial score (nSPS) is 18.2. The van der Waals surface area contributed by atoms with Crippen LogP contribution in [0, 0.1) is 19.8 Å². The molecule has 0 unspecified atom stereocenters. The van der Waals surface area contributed by atoms with Crippen molar-refractivity contribution in [2.75, 3.05) is 0 Å². The third-order valence-electron chi connectivity index (χ3n) is 5.49. The molecule has 4 nitrogen and oxygen atoms in total. The second kappa shape index (κ2) is 5.92. The number of carbonyl (C=O) groups excluding carboxylic acids is 1. The molecule has 4 rings (SSSR count). The maximum absolute atomic E-state index is 13.4. The molecular formula is C22H26N2O2. The Balaban J connectivity index is 1.78. The highest BCUT2D eigenvalue weighted by Gasteiger charge is 2.48. The third kappa shape index (κ3) is 2.92. The molecule has 0 bridgehead atoms. The summed E-state index contributed by atoms with van der Waals surface area (Å²) >= 11 is 0. The third-order valence-corrected chi connectivity index (χ3v) is 5.49. The maximum Gasteiger partial charge on any atom is 0.255 e. The smallest absolute Gasteiger partial charge is 0.255 e. The minimum atomic E-state index is -0.900. The lowest BCUT2D eigenvalue weighted by Gasteiger charge is -2.37. The van der Waals surface area contributed by atoms with Crippen LogP contribution in [0.5, 0.6) is 0 Å². The summed E-state index contributed by atoms with van der Waals surface area (Å²) in [4.78, 5) is 19.7. The zero-order chi connectivity index (χ0) is 18.6. The molecule has 1 aliphatic heterocycles. The van der Waals surface area contributed by atoms with Crippen molar-refractivity contribution in [3.8, 4) is 11.1 Å². The molecule has 2 heterocycles. The zero-order valence-electron chi connectivity index (χ0n) is 15.9. The van der Waals surface area contributed by atoms with E-state index in [-0.39, 0.29) is 11.9 Å². The lowest BCUT2D eigenvalue weighted by molar-refractivity contribution is -0.0224. The molecule has 0 saturated heterocycles. The number of fused-ring (bicyclic) bond motifs is 1. The molecule has 2 aliphatic rings. The van der Waals surface area contributed by atoms with Gasteiger partial charge in [-0.05, 0) is 75.3 Å². The summed E-state index contributed by atoms with van der Waals surface area (Å²) < 4.78 is 0. The van der Waals surface area contributed by atoms with Gasteiger partial charge in [0, 0.05) is 17.9 Å². The van der Waals surface area contributed by atoms with Gasteiger partial charge in [-0.2, -0.15) is 0 Å². The SMILES string of the molecule is Cc1cc(-c2cccc3c2C(=O)N([C@@H](C2CC2)C(C)(C)O)C3)cc(C)n1. The molecule has 1 aromatic carbocycles. The number of aryl methyl sites for hydroxylation is 2. The van der Waals surface area contributed by atoms with Crippen LogP contribution in [-0.2, 0) is 6.54 Å². The lowest BCUT2D eigenvalue weighted by atomic mass is 9.92. The molecule has 1 aliphatic carbocycles. The Labute approximate surface area is 154 Å². The van der Waals surface area contributed by atoms with Gasteiger partial charge in [0.15, 0.2) is 0 Å². The Morgan fingerprint density at radius 2 is 1.85 bits per heavy atom. The van der Waals surface area contributed by atoms with Crippen LogP contribution >= 0.6 is 0 Å². The molecule has 1 N–H and O–H groups in total. The molecule has 1 saturated carbocycles. The molecule has 2 aromatic rings. The van der Waals surface area contributed by atoms with Crippen LogP contribution in [0.15, 0.2) is 30.3 Å². The lowest BCUT2D eigenvalue weighted by Crippen LogP contribution is -2.51. The van der Waals surface area contributed by atoms with Gasteiger partial charge in [0.2, 0.25) is 0 Å². The van der Waals surface area contributed by atoms with Crippen molar-refractivity contribution in [1.82, 2.24) is 9.88 Å². The van der Waals surface area contributed by atoms with Crippen LogP contribution in [0.4, 0.5) is 0 Å². The first-order valence-corrected chi connectivity index (χ1v) is 9.36. The van der Waals surface area contributed by atoms with Crippen molar-refractivity contribution >= 4 is 5.91 Å². The summed E-state index contributed by atoms with van der Waals surface area (Å²) in [6.45, 7) is 8.18. The first-order valence-electron chi connectivity index (χ1n) is 9.36. The minimum Gasteiger partial charge on any atom is -0.388 e. The van der Waals surface area contributed by atoms with Crippen LogP contribution in [0.3, 0.4) is 0 Å². The Bertz CT molecular complexity index is 858. The van der Waals surface area contributed by atoms with E-state index in [1.807, 2.05) is 62.9 Å². The quantitative estimate of drug-likeness (QED) is 0.911. The van der Waals surface area contributed by atoms with E-state index in [2.05, 4.69) is 4.98 Å². The zero-order valence-corrected chi connectivity index (χ0v) is 15.9. The van der Waals surface area contributed by atoms with Gasteiger partial charge in [-0.3, -0.25) is 9.78 Å². The predicted octanol–water partition coefficient (Wildman–Crippen LogP) is 3.87. The van der Waals surface area contributed by atoms with E-state index in [9.17, 15) is 9.90 Å². The Morgan fingerprint density at radius 1 is 1.19 bits per heavy atom. The fraction of sp³-hybridized carbons (Fsp3) is 0.455. The standard InChI is InChI=1S/C22H26N2O2/c1-13-10-17(11-14(2)23-13)18-7-5-6-16-12-24(21(25)19(16)18)20(15-8-9-15)22(3,4)26/h5-7,10-11,15,20,26H,8-9,12H2,1-4H3/t20-/m0/s1. The highest BCUT2D eigenvalue weighted by atomic mass is 16.3. The van der Waals surface area contributed by atoms with Crippen LogP contribution < -0.4 is 0 Å². The van der Waals surface area contributed by atoms with Crippen LogP contribution in [-0.4, -0.2) is 32.5 Å². The predicted molar refractivity (Wildman–Crippen MR) is 102 cm³/mol. The number of amides is 1. The second-order valence-electron chi connectivity index (χ2n) is 8.35. The van der Waals surface area contributed by atoms with Gasteiger partial charge >= 0.3 is 0 Å². The number of aromatic nitrogens is 1. The van der Waals surface area contributed by atoms with E-state index in [0.717, 1.165) is 46.5 Å². The number of nitrogens with zero attached hydrogens (tertiary/aromatic N) is 2. The minimum absolute atomic E-state index is 0.0433. The molecule has 0 radical (unpaired) electrons. The molecule has 136 valence electrons. The van der Waals surface area contributed by atoms with E-state index in [1.165, 1.54) is 0 Å². The highest BCUT2D eigenvalue weighted by molar-refractivity contribution is 6.04. The number of rotatable bonds is 4. The van der Waals surface area contributed by atoms with Crippen molar-refractivity contribution in [3.63, 3.8) is 0 Å². The van der Waals surface area contributed by atoms with E-state index < -0.39 is 5.60 Å². The van der Waals surface area contributed by atoms with Gasteiger partial charge < -0.3 is 10.0 Å². The van der Waals surface area contributed by atoms with Crippen molar-refractivity contribution in [1.29, 1.82) is 0 Å². The van der Waals surface area contributed by atoms with Gasteiger partial charge in [-0.1, -0.05) is 18.2 Å². The van der Waals surface area contributed by atoms with Crippen LogP contribution in [0.1, 0.15) is 54.0 Å². The maximum atomic E-state index is 13.4. The molecular weight excluding hydrogens is 324 g/mol. The fourth-order valence-corrected chi connectivity index (χ4v) is 4.46. The Kier molecular flexibility index (Phi) is 3.92. The average molecular weight is 350 g/mol. The average Bonchev–Trinajstić information content (AvgIpc) is 3.30. The number of carbonyl (C=O) groups is 1. The summed E-state index contributed by atoms with van der Waals surface area (Å²) in [5, 5.41) is 10.7. The number of pyridine rings is 1. The molecule has 0 spiro atoms. The van der Waals surface area contributed by atoms with E-state index in [4.69, 9.17) is 0 Å². The summed E-state index contributed by atoms with van der Waals surface area (Å²) in [7, 11) is 0. The van der Waals surface area contributed by atoms with Crippen LogP contribution in [0.2, 0.25) is 0 Å². The van der Waals surface area contributed by atoms with Gasteiger partial charge in [0.25, 0.3) is 5.91 Å². The van der Waals surface area contributed by atoms with Crippen molar-refractivity contribution in [2.24, 2.45) is 5.92 Å². The van der Waals surface area contributed by atoms with Crippen molar-refractivity contribution in [2.45, 2.75) is 58.7 Å². The Hall–Kier alpha value is -2.20. The number of benzene rings is 1. The first-order chi connectivity index (χ1) is 12.3. The van der Waals surface area contributed by atoms with E-state index >= 15 is 0 Å². The summed E-state index contributed by atoms with van der Waals surface area (Å²) in [5.74, 6) is 0.448. The van der Waals surface area contributed by atoms with Gasteiger partial charge in [-0.25, -0.2) is 0 Å². The van der Waals surface area contributed by atoms with Crippen molar-refractivity contribution < 1.29 is 9.90 Å². The largest absolute Gasteiger partial charge is 0.388 e. The second-order valence-corrected chi connectivity index (χ2v) is 8.35. The summed E-state index contributed by atoms with van der Waals surface area (Å²) in [6.07, 6.45) is 2.18. The molecule has 1 aromatic heterocycles. The molecule has 26 heavy (non-hydrogen) atoms. The fourth-order valence-electron chi connectivity index (χ4n) is 4.46. The van der Waals surface area contributed by atoms with Gasteiger partial charge in [0.1, 0.15) is 0 Å². The number of hydrogen-bond donors (Lipinski definition) is 1. The Morgan fingerprint density at radius 3 is 2.42 bits per heavy atom. The van der Waals surface area contributed by atoms with E-state index in [1.54, 1.807) is 0 Å². The van der Waals surface area contributed by atoms with Gasteiger partial charge in [-0.15, -0.1) is 0 Å². The highest BCUT2D eigenvalue weighted by Crippen LogP contribution is 2.44. The van der Waals surface area contributed by atoms with E-state index in [0.29, 0.717) is 12.5 Å². The number of hydrogen-bond acceptors (Lipinski definition) is 3. The summed E-state index contributed by atoms with van der Waals surface area (Å²) in [6, 6.07) is 10.0. The molecule has 1 fully saturated rings. The van der Waals surface area contributed by atoms with Crippen LogP contribution in [0.25, 0.3) is 11.1 Å². The number of aliphatic hydroxyl groups is 1. The molecule has 1 amide bonds. The van der Waals surface area contributed by atoms with Gasteiger partial charge in [0.05, 0.1) is 17.2 Å². The monoisotopic (exact) mass is 350 g/mol. The first kappa shape index (κ1) is 17.2. The molecule has 1 atom stereocenters.